The maximum Gasteiger partial charge on any atom is 0.0914 e. The fourth-order valence-electron chi connectivity index (χ4n) is 1.63. The first-order valence-corrected chi connectivity index (χ1v) is 5.30. The molecule has 0 spiro atoms. The molecule has 0 saturated heterocycles. The molecule has 1 heterocycles. The Morgan fingerprint density at radius 1 is 1.38 bits per heavy atom. The highest BCUT2D eigenvalue weighted by Gasteiger charge is 2.17. The van der Waals surface area contributed by atoms with Crippen molar-refractivity contribution in [2.45, 2.75) is 6.04 Å². The van der Waals surface area contributed by atoms with Crippen molar-refractivity contribution in [3.8, 4) is 0 Å². The van der Waals surface area contributed by atoms with E-state index in [1.165, 1.54) is 0 Å². The average molecular weight is 237 g/mol. The van der Waals surface area contributed by atoms with E-state index < -0.39 is 0 Å². The Labute approximate surface area is 99.0 Å². The molecule has 1 atom stereocenters. The molecule has 0 amide bonds. The molecule has 0 bridgehead atoms. The lowest BCUT2D eigenvalue weighted by molar-refractivity contribution is 0.604. The molecular formula is C11H13ClN4. The largest absolute Gasteiger partial charge is 0.275 e. The highest BCUT2D eigenvalue weighted by molar-refractivity contribution is 6.31. The molecule has 0 aliphatic heterocycles. The normalized spacial score (nSPS) is 12.7. The van der Waals surface area contributed by atoms with Crippen molar-refractivity contribution >= 4 is 11.6 Å². The second kappa shape index (κ2) is 4.65. The molecule has 84 valence electrons. The number of nitrogens with two attached hydrogens (primary N) is 1. The summed E-state index contributed by atoms with van der Waals surface area (Å²) in [5.41, 5.74) is 4.50. The van der Waals surface area contributed by atoms with Gasteiger partial charge in [-0.3, -0.25) is 10.5 Å². The molecule has 0 fully saturated rings. The van der Waals surface area contributed by atoms with Crippen LogP contribution in [0.3, 0.4) is 0 Å². The van der Waals surface area contributed by atoms with Crippen molar-refractivity contribution in [3.63, 3.8) is 0 Å². The summed E-state index contributed by atoms with van der Waals surface area (Å²) in [6, 6.07) is 9.31. The molecule has 3 N–H and O–H groups in total. The summed E-state index contributed by atoms with van der Waals surface area (Å²) < 4.78 is 1.73. The van der Waals surface area contributed by atoms with E-state index in [2.05, 4.69) is 10.5 Å². The molecule has 0 aliphatic carbocycles. The lowest BCUT2D eigenvalue weighted by atomic mass is 10.0. The van der Waals surface area contributed by atoms with Crippen LogP contribution in [-0.4, -0.2) is 9.78 Å². The summed E-state index contributed by atoms with van der Waals surface area (Å²) in [5, 5.41) is 4.99. The molecule has 5 heteroatoms. The first-order valence-electron chi connectivity index (χ1n) is 4.92. The predicted molar refractivity (Wildman–Crippen MR) is 63.8 cm³/mol. The minimum Gasteiger partial charge on any atom is -0.275 e. The minimum absolute atomic E-state index is 0.185. The van der Waals surface area contributed by atoms with Gasteiger partial charge in [-0.1, -0.05) is 29.8 Å². The number of nitrogens with zero attached hydrogens (tertiary/aromatic N) is 2. The van der Waals surface area contributed by atoms with Gasteiger partial charge in [0.05, 0.1) is 11.7 Å². The monoisotopic (exact) mass is 236 g/mol. The smallest absolute Gasteiger partial charge is 0.0914 e. The van der Waals surface area contributed by atoms with E-state index in [-0.39, 0.29) is 6.04 Å². The van der Waals surface area contributed by atoms with Crippen LogP contribution in [0.5, 0.6) is 0 Å². The summed E-state index contributed by atoms with van der Waals surface area (Å²) in [4.78, 5) is 0. The van der Waals surface area contributed by atoms with Gasteiger partial charge in [-0.2, -0.15) is 5.10 Å². The quantitative estimate of drug-likeness (QED) is 0.629. The van der Waals surface area contributed by atoms with E-state index >= 15 is 0 Å². The van der Waals surface area contributed by atoms with Crippen molar-refractivity contribution in [2.24, 2.45) is 12.9 Å². The molecule has 16 heavy (non-hydrogen) atoms. The molecule has 0 saturated carbocycles. The minimum atomic E-state index is -0.185. The first kappa shape index (κ1) is 11.1. The van der Waals surface area contributed by atoms with Crippen LogP contribution in [0.4, 0.5) is 0 Å². The fourth-order valence-corrected chi connectivity index (χ4v) is 1.88. The predicted octanol–water partition coefficient (Wildman–Crippen LogP) is 1.63. The molecule has 1 unspecified atom stereocenters. The number of benzene rings is 1. The first-order chi connectivity index (χ1) is 7.72. The number of hydrogen-bond acceptors (Lipinski definition) is 3. The number of rotatable bonds is 3. The van der Waals surface area contributed by atoms with Crippen LogP contribution >= 0.6 is 11.6 Å². The highest BCUT2D eigenvalue weighted by atomic mass is 35.5. The van der Waals surface area contributed by atoms with Crippen molar-refractivity contribution in [2.75, 3.05) is 0 Å². The molecular weight excluding hydrogens is 224 g/mol. The second-order valence-electron chi connectivity index (χ2n) is 3.54. The molecule has 1 aromatic heterocycles. The van der Waals surface area contributed by atoms with Crippen LogP contribution in [0, 0.1) is 0 Å². The van der Waals surface area contributed by atoms with Gasteiger partial charge in [0.15, 0.2) is 0 Å². The number of aromatic nitrogens is 2. The zero-order chi connectivity index (χ0) is 11.5. The van der Waals surface area contributed by atoms with Crippen LogP contribution in [-0.2, 0) is 7.05 Å². The van der Waals surface area contributed by atoms with E-state index in [0.717, 1.165) is 11.3 Å². The van der Waals surface area contributed by atoms with Crippen molar-refractivity contribution < 1.29 is 0 Å². The number of halogens is 1. The average Bonchev–Trinajstić information content (AvgIpc) is 2.69. The topological polar surface area (TPSA) is 55.9 Å². The van der Waals surface area contributed by atoms with Gasteiger partial charge in [0.1, 0.15) is 0 Å². The molecule has 0 aliphatic rings. The Bertz CT molecular complexity index is 480. The zero-order valence-electron chi connectivity index (χ0n) is 8.89. The maximum atomic E-state index is 6.12. The molecule has 2 rings (SSSR count). The summed E-state index contributed by atoms with van der Waals surface area (Å²) in [5.74, 6) is 5.56. The van der Waals surface area contributed by atoms with Crippen LogP contribution in [0.2, 0.25) is 5.02 Å². The van der Waals surface area contributed by atoms with E-state index in [1.54, 1.807) is 4.68 Å². The van der Waals surface area contributed by atoms with Crippen molar-refractivity contribution in [1.82, 2.24) is 15.2 Å². The maximum absolute atomic E-state index is 6.12. The Hall–Kier alpha value is -1.36. The third-order valence-corrected chi connectivity index (χ3v) is 2.76. The fraction of sp³-hybridized carbons (Fsp3) is 0.182. The molecule has 1 aromatic carbocycles. The number of nitrogens with one attached hydrogen (secondary N) is 1. The Morgan fingerprint density at radius 2 is 2.12 bits per heavy atom. The van der Waals surface area contributed by atoms with Crippen LogP contribution in [0.15, 0.2) is 36.5 Å². The van der Waals surface area contributed by atoms with Gasteiger partial charge >= 0.3 is 0 Å². The summed E-state index contributed by atoms with van der Waals surface area (Å²) in [6.45, 7) is 0. The summed E-state index contributed by atoms with van der Waals surface area (Å²) in [7, 11) is 1.86. The lowest BCUT2D eigenvalue weighted by Crippen LogP contribution is -2.29. The van der Waals surface area contributed by atoms with Gasteiger partial charge in [-0.15, -0.1) is 0 Å². The van der Waals surface area contributed by atoms with E-state index in [9.17, 15) is 0 Å². The van der Waals surface area contributed by atoms with Crippen LogP contribution < -0.4 is 11.3 Å². The van der Waals surface area contributed by atoms with E-state index in [1.807, 2.05) is 43.6 Å². The lowest BCUT2D eigenvalue weighted by Gasteiger charge is -2.15. The molecule has 4 nitrogen and oxygen atoms in total. The number of hydrazine groups is 1. The Morgan fingerprint density at radius 3 is 2.69 bits per heavy atom. The Balaban J connectivity index is 2.40. The van der Waals surface area contributed by atoms with E-state index in [0.29, 0.717) is 5.02 Å². The Kier molecular flexibility index (Phi) is 3.24. The van der Waals surface area contributed by atoms with Gasteiger partial charge in [-0.05, 0) is 17.7 Å². The molecule has 2 aromatic rings. The molecule has 0 radical (unpaired) electrons. The standard InChI is InChI=1S/C11H13ClN4/c1-16-7-6-10(15-16)11(14-13)8-4-2-3-5-9(8)12/h2-7,11,14H,13H2,1H3. The highest BCUT2D eigenvalue weighted by Crippen LogP contribution is 2.26. The second-order valence-corrected chi connectivity index (χ2v) is 3.94. The number of aryl methyl sites for hydroxylation is 1. The van der Waals surface area contributed by atoms with Gasteiger partial charge in [0, 0.05) is 18.3 Å². The van der Waals surface area contributed by atoms with Gasteiger partial charge in [-0.25, -0.2) is 5.43 Å². The van der Waals surface area contributed by atoms with E-state index in [4.69, 9.17) is 17.4 Å². The zero-order valence-corrected chi connectivity index (χ0v) is 9.65. The SMILES string of the molecule is Cn1ccc(C(NN)c2ccccc2Cl)n1. The van der Waals surface area contributed by atoms with Gasteiger partial charge in [0.25, 0.3) is 0 Å². The van der Waals surface area contributed by atoms with Crippen molar-refractivity contribution in [1.29, 1.82) is 0 Å². The van der Waals surface area contributed by atoms with Gasteiger partial charge in [0.2, 0.25) is 0 Å². The third-order valence-electron chi connectivity index (χ3n) is 2.41. The third kappa shape index (κ3) is 2.09. The van der Waals surface area contributed by atoms with Crippen molar-refractivity contribution in [3.05, 3.63) is 52.8 Å². The summed E-state index contributed by atoms with van der Waals surface area (Å²) >= 11 is 6.12. The number of hydrogen-bond donors (Lipinski definition) is 2. The van der Waals surface area contributed by atoms with Crippen LogP contribution in [0.1, 0.15) is 17.3 Å². The van der Waals surface area contributed by atoms with Gasteiger partial charge < -0.3 is 0 Å². The summed E-state index contributed by atoms with van der Waals surface area (Å²) in [6.07, 6.45) is 1.87. The van der Waals surface area contributed by atoms with Crippen LogP contribution in [0.25, 0.3) is 0 Å².